The van der Waals surface area contributed by atoms with E-state index in [-0.39, 0.29) is 0 Å². The van der Waals surface area contributed by atoms with Crippen molar-refractivity contribution < 1.29 is 0 Å². The Morgan fingerprint density at radius 2 is 2.17 bits per heavy atom. The van der Waals surface area contributed by atoms with Crippen LogP contribution in [0, 0.1) is 6.92 Å². The normalized spacial score (nSPS) is 20.1. The molecule has 94 valence electrons. The van der Waals surface area contributed by atoms with Gasteiger partial charge in [0.05, 0.1) is 0 Å². The zero-order valence-corrected chi connectivity index (χ0v) is 10.6. The lowest BCUT2D eigenvalue weighted by Gasteiger charge is -2.33. The number of pyridine rings is 1. The van der Waals surface area contributed by atoms with Gasteiger partial charge < -0.3 is 9.88 Å². The van der Waals surface area contributed by atoms with Crippen LogP contribution in [0.3, 0.4) is 0 Å². The minimum atomic E-state index is 0.514. The molecule has 2 aromatic rings. The van der Waals surface area contributed by atoms with Gasteiger partial charge in [0.25, 0.3) is 0 Å². The second kappa shape index (κ2) is 4.80. The summed E-state index contributed by atoms with van der Waals surface area (Å²) in [5.74, 6) is 1.65. The van der Waals surface area contributed by atoms with Crippen molar-refractivity contribution in [2.45, 2.75) is 25.7 Å². The average Bonchev–Trinajstić information content (AvgIpc) is 2.87. The van der Waals surface area contributed by atoms with Gasteiger partial charge in [-0.2, -0.15) is 0 Å². The maximum Gasteiger partial charge on any atom is 0.111 e. The fourth-order valence-corrected chi connectivity index (χ4v) is 2.63. The first-order valence-corrected chi connectivity index (χ1v) is 6.49. The molecule has 1 saturated heterocycles. The maximum absolute atomic E-state index is 4.47. The van der Waals surface area contributed by atoms with Crippen molar-refractivity contribution in [3.8, 4) is 0 Å². The third-order valence-corrected chi connectivity index (χ3v) is 3.56. The summed E-state index contributed by atoms with van der Waals surface area (Å²) in [6, 6.07) is 4.16. The van der Waals surface area contributed by atoms with Crippen LogP contribution in [0.5, 0.6) is 0 Å². The van der Waals surface area contributed by atoms with Gasteiger partial charge in [0, 0.05) is 49.0 Å². The first-order chi connectivity index (χ1) is 8.83. The topological polar surface area (TPSA) is 44.8 Å². The van der Waals surface area contributed by atoms with Crippen molar-refractivity contribution in [1.29, 1.82) is 0 Å². The van der Waals surface area contributed by atoms with Crippen LogP contribution in [0.4, 0.5) is 5.69 Å². The molecule has 0 aliphatic carbocycles. The Labute approximate surface area is 107 Å². The number of piperidine rings is 1. The first kappa shape index (κ1) is 11.3. The number of nitrogens with one attached hydrogen (secondary N) is 1. The van der Waals surface area contributed by atoms with E-state index in [0.29, 0.717) is 5.92 Å². The quantitative estimate of drug-likeness (QED) is 0.880. The highest BCUT2D eigenvalue weighted by Crippen LogP contribution is 2.28. The van der Waals surface area contributed by atoms with Crippen molar-refractivity contribution in [3.63, 3.8) is 0 Å². The first-order valence-electron chi connectivity index (χ1n) is 6.49. The summed E-state index contributed by atoms with van der Waals surface area (Å²) in [6.45, 7) is 4.22. The molecule has 0 bridgehead atoms. The summed E-state index contributed by atoms with van der Waals surface area (Å²) in [7, 11) is 0. The Hall–Kier alpha value is -1.84. The van der Waals surface area contributed by atoms with Crippen LogP contribution in [0.1, 0.15) is 30.3 Å². The smallest absolute Gasteiger partial charge is 0.111 e. The molecular formula is C14H18N4. The Bertz CT molecular complexity index is 506. The van der Waals surface area contributed by atoms with Crippen molar-refractivity contribution in [1.82, 2.24) is 15.0 Å². The summed E-state index contributed by atoms with van der Waals surface area (Å²) < 4.78 is 0. The van der Waals surface area contributed by atoms with E-state index in [1.165, 1.54) is 18.5 Å². The molecule has 0 saturated carbocycles. The molecule has 0 amide bonds. The Kier molecular flexibility index (Phi) is 3.00. The third-order valence-electron chi connectivity index (χ3n) is 3.56. The van der Waals surface area contributed by atoms with Crippen LogP contribution in [-0.2, 0) is 0 Å². The van der Waals surface area contributed by atoms with E-state index in [2.05, 4.69) is 38.9 Å². The summed E-state index contributed by atoms with van der Waals surface area (Å²) in [4.78, 5) is 14.3. The van der Waals surface area contributed by atoms with Gasteiger partial charge in [-0.25, -0.2) is 4.98 Å². The van der Waals surface area contributed by atoms with E-state index >= 15 is 0 Å². The number of hydrogen-bond donors (Lipinski definition) is 1. The fourth-order valence-electron chi connectivity index (χ4n) is 2.63. The SMILES string of the molecule is Cc1cnc(C2CCCN(c3ccncc3)C2)[nH]1. The molecule has 4 heteroatoms. The number of nitrogens with zero attached hydrogens (tertiary/aromatic N) is 3. The summed E-state index contributed by atoms with van der Waals surface area (Å²) in [5.41, 5.74) is 2.41. The highest BCUT2D eigenvalue weighted by atomic mass is 15.1. The van der Waals surface area contributed by atoms with Gasteiger partial charge in [0.2, 0.25) is 0 Å². The molecule has 3 rings (SSSR count). The zero-order valence-electron chi connectivity index (χ0n) is 10.6. The summed E-state index contributed by atoms with van der Waals surface area (Å²) in [5, 5.41) is 0. The van der Waals surface area contributed by atoms with Gasteiger partial charge in [-0.05, 0) is 31.9 Å². The van der Waals surface area contributed by atoms with Crippen molar-refractivity contribution >= 4 is 5.69 Å². The van der Waals surface area contributed by atoms with E-state index in [0.717, 1.165) is 24.6 Å². The summed E-state index contributed by atoms with van der Waals surface area (Å²) in [6.07, 6.45) is 8.06. The number of aromatic amines is 1. The van der Waals surface area contributed by atoms with Gasteiger partial charge in [0.1, 0.15) is 5.82 Å². The van der Waals surface area contributed by atoms with Gasteiger partial charge in [-0.1, -0.05) is 0 Å². The number of hydrogen-bond acceptors (Lipinski definition) is 3. The second-order valence-electron chi connectivity index (χ2n) is 4.94. The molecule has 0 aromatic carbocycles. The lowest BCUT2D eigenvalue weighted by Crippen LogP contribution is -2.34. The number of anilines is 1. The van der Waals surface area contributed by atoms with Crippen LogP contribution < -0.4 is 4.90 Å². The van der Waals surface area contributed by atoms with Crippen LogP contribution in [0.2, 0.25) is 0 Å². The average molecular weight is 242 g/mol. The monoisotopic (exact) mass is 242 g/mol. The van der Waals surface area contributed by atoms with E-state index in [9.17, 15) is 0 Å². The number of aryl methyl sites for hydroxylation is 1. The Balaban J connectivity index is 1.76. The molecule has 0 spiro atoms. The van der Waals surface area contributed by atoms with E-state index in [1.807, 2.05) is 18.6 Å². The van der Waals surface area contributed by atoms with Gasteiger partial charge >= 0.3 is 0 Å². The molecule has 18 heavy (non-hydrogen) atoms. The lowest BCUT2D eigenvalue weighted by molar-refractivity contribution is 0.494. The van der Waals surface area contributed by atoms with E-state index in [4.69, 9.17) is 0 Å². The van der Waals surface area contributed by atoms with Crippen LogP contribution in [0.15, 0.2) is 30.7 Å². The third kappa shape index (κ3) is 2.23. The number of aromatic nitrogens is 3. The zero-order chi connectivity index (χ0) is 12.4. The second-order valence-corrected chi connectivity index (χ2v) is 4.94. The minimum absolute atomic E-state index is 0.514. The molecular weight excluding hydrogens is 224 g/mol. The number of imidazole rings is 1. The van der Waals surface area contributed by atoms with Crippen molar-refractivity contribution in [2.75, 3.05) is 18.0 Å². The van der Waals surface area contributed by atoms with E-state index < -0.39 is 0 Å². The van der Waals surface area contributed by atoms with Crippen LogP contribution in [-0.4, -0.2) is 28.0 Å². The number of H-pyrrole nitrogens is 1. The van der Waals surface area contributed by atoms with Crippen molar-refractivity contribution in [2.24, 2.45) is 0 Å². The molecule has 1 N–H and O–H groups in total. The predicted octanol–water partition coefficient (Wildman–Crippen LogP) is 2.50. The summed E-state index contributed by atoms with van der Waals surface area (Å²) >= 11 is 0. The lowest BCUT2D eigenvalue weighted by atomic mass is 9.97. The van der Waals surface area contributed by atoms with Crippen LogP contribution in [0.25, 0.3) is 0 Å². The molecule has 1 aliphatic heterocycles. The molecule has 0 radical (unpaired) electrons. The molecule has 1 fully saturated rings. The number of rotatable bonds is 2. The molecule has 2 aromatic heterocycles. The minimum Gasteiger partial charge on any atom is -0.371 e. The Morgan fingerprint density at radius 3 is 2.89 bits per heavy atom. The molecule has 3 heterocycles. The molecule has 1 unspecified atom stereocenters. The Morgan fingerprint density at radius 1 is 1.33 bits per heavy atom. The highest BCUT2D eigenvalue weighted by Gasteiger charge is 2.23. The maximum atomic E-state index is 4.47. The van der Waals surface area contributed by atoms with Crippen molar-refractivity contribution in [3.05, 3.63) is 42.2 Å². The fraction of sp³-hybridized carbons (Fsp3) is 0.429. The molecule has 1 aliphatic rings. The standard InChI is InChI=1S/C14H18N4/c1-11-9-16-14(17-11)12-3-2-8-18(10-12)13-4-6-15-7-5-13/h4-7,9,12H,2-3,8,10H2,1H3,(H,16,17). The largest absolute Gasteiger partial charge is 0.371 e. The van der Waals surface area contributed by atoms with Gasteiger partial charge in [0.15, 0.2) is 0 Å². The van der Waals surface area contributed by atoms with Gasteiger partial charge in [-0.15, -0.1) is 0 Å². The molecule has 4 nitrogen and oxygen atoms in total. The van der Waals surface area contributed by atoms with Gasteiger partial charge in [-0.3, -0.25) is 4.98 Å². The predicted molar refractivity (Wildman–Crippen MR) is 71.7 cm³/mol. The van der Waals surface area contributed by atoms with E-state index in [1.54, 1.807) is 0 Å². The highest BCUT2D eigenvalue weighted by molar-refractivity contribution is 5.45. The van der Waals surface area contributed by atoms with Crippen LogP contribution >= 0.6 is 0 Å². The molecule has 1 atom stereocenters.